The summed E-state index contributed by atoms with van der Waals surface area (Å²) in [7, 11) is -3.83. The van der Waals surface area contributed by atoms with Gasteiger partial charge in [0.1, 0.15) is 5.82 Å². The zero-order valence-electron chi connectivity index (χ0n) is 21.8. The quantitative estimate of drug-likeness (QED) is 0.572. The molecule has 0 atom stereocenters. The Bertz CT molecular complexity index is 1190. The summed E-state index contributed by atoms with van der Waals surface area (Å²) in [5.41, 5.74) is 1.36. The van der Waals surface area contributed by atoms with Crippen molar-refractivity contribution in [3.05, 3.63) is 59.9 Å². The molecule has 2 aliphatic rings. The molecule has 2 saturated heterocycles. The molecule has 2 aromatic rings. The molecule has 0 bridgehead atoms. The van der Waals surface area contributed by atoms with Crippen LogP contribution in [-0.2, 0) is 14.8 Å². The molecule has 2 fully saturated rings. The normalized spacial score (nSPS) is 20.5. The molecule has 2 heterocycles. The van der Waals surface area contributed by atoms with E-state index in [-0.39, 0.29) is 16.2 Å². The van der Waals surface area contributed by atoms with Crippen LogP contribution in [-0.4, -0.2) is 55.2 Å². The molecule has 1 amide bonds. The standard InChI is InChI=1S/C28H38FN3O3S/c1-21(2)22-8-10-24(11-9-22)30-26(33)19-31-16-14-28(15-17-31)13-12-27(3,4)32(20-28)36(34,35)25-7-5-6-23(29)18-25/h5-11,18,21H,12-17,19-20H2,1-4H3,(H,30,33). The Labute approximate surface area is 214 Å². The van der Waals surface area contributed by atoms with E-state index in [9.17, 15) is 17.6 Å². The number of carbonyl (C=O) groups excluding carboxylic acids is 1. The van der Waals surface area contributed by atoms with E-state index in [1.54, 1.807) is 4.31 Å². The van der Waals surface area contributed by atoms with Gasteiger partial charge in [-0.25, -0.2) is 12.8 Å². The maximum atomic E-state index is 13.8. The molecule has 1 N–H and O–H groups in total. The first-order valence-corrected chi connectivity index (χ1v) is 14.2. The molecule has 8 heteroatoms. The molecule has 4 rings (SSSR count). The molecule has 36 heavy (non-hydrogen) atoms. The molecule has 6 nitrogen and oxygen atoms in total. The molecule has 0 saturated carbocycles. The third-order valence-electron chi connectivity index (χ3n) is 7.95. The maximum absolute atomic E-state index is 13.8. The van der Waals surface area contributed by atoms with Crippen LogP contribution < -0.4 is 5.32 Å². The second kappa shape index (κ2) is 10.2. The van der Waals surface area contributed by atoms with Crippen molar-refractivity contribution in [2.24, 2.45) is 5.41 Å². The first kappa shape index (κ1) is 26.8. The highest BCUT2D eigenvalue weighted by Crippen LogP contribution is 2.46. The lowest BCUT2D eigenvalue weighted by Gasteiger charge is -2.53. The van der Waals surface area contributed by atoms with Gasteiger partial charge in [-0.2, -0.15) is 4.31 Å². The van der Waals surface area contributed by atoms with Gasteiger partial charge >= 0.3 is 0 Å². The van der Waals surface area contributed by atoms with Crippen molar-refractivity contribution in [3.8, 4) is 0 Å². The number of sulfonamides is 1. The predicted molar refractivity (Wildman–Crippen MR) is 141 cm³/mol. The van der Waals surface area contributed by atoms with Crippen LogP contribution in [0.15, 0.2) is 53.4 Å². The van der Waals surface area contributed by atoms with E-state index >= 15 is 0 Å². The van der Waals surface area contributed by atoms with Crippen molar-refractivity contribution in [1.82, 2.24) is 9.21 Å². The fraction of sp³-hybridized carbons (Fsp3) is 0.536. The molecule has 196 valence electrons. The summed E-state index contributed by atoms with van der Waals surface area (Å²) >= 11 is 0. The third-order valence-corrected chi connectivity index (χ3v) is 10.0. The van der Waals surface area contributed by atoms with Crippen LogP contribution in [0.25, 0.3) is 0 Å². The number of likely N-dealkylation sites (tertiary alicyclic amines) is 1. The zero-order valence-corrected chi connectivity index (χ0v) is 22.6. The Kier molecular flexibility index (Phi) is 7.60. The van der Waals surface area contributed by atoms with Crippen molar-refractivity contribution in [3.63, 3.8) is 0 Å². The summed E-state index contributed by atoms with van der Waals surface area (Å²) in [5, 5.41) is 2.99. The Hall–Kier alpha value is -2.29. The summed E-state index contributed by atoms with van der Waals surface area (Å²) in [6.45, 7) is 10.4. The van der Waals surface area contributed by atoms with Crippen LogP contribution in [0.2, 0.25) is 0 Å². The smallest absolute Gasteiger partial charge is 0.243 e. The Morgan fingerprint density at radius 3 is 2.31 bits per heavy atom. The number of nitrogens with zero attached hydrogens (tertiary/aromatic N) is 2. The Morgan fingerprint density at radius 1 is 1.03 bits per heavy atom. The van der Waals surface area contributed by atoms with Gasteiger partial charge in [0.05, 0.1) is 11.4 Å². The van der Waals surface area contributed by atoms with E-state index < -0.39 is 21.4 Å². The number of anilines is 1. The monoisotopic (exact) mass is 515 g/mol. The van der Waals surface area contributed by atoms with E-state index in [0.29, 0.717) is 19.0 Å². The van der Waals surface area contributed by atoms with E-state index in [2.05, 4.69) is 24.1 Å². The molecule has 0 radical (unpaired) electrons. The van der Waals surface area contributed by atoms with E-state index in [1.165, 1.54) is 23.8 Å². The minimum atomic E-state index is -3.83. The summed E-state index contributed by atoms with van der Waals surface area (Å²) in [4.78, 5) is 14.8. The third kappa shape index (κ3) is 5.82. The van der Waals surface area contributed by atoms with E-state index in [1.807, 2.05) is 38.1 Å². The van der Waals surface area contributed by atoms with E-state index in [4.69, 9.17) is 0 Å². The SMILES string of the molecule is CC(C)c1ccc(NC(=O)CN2CCC3(CC2)CCC(C)(C)N(S(=O)(=O)c2cccc(F)c2)C3)cc1. The number of hydrogen-bond donors (Lipinski definition) is 1. The van der Waals surface area contributed by atoms with Crippen molar-refractivity contribution < 1.29 is 17.6 Å². The van der Waals surface area contributed by atoms with Gasteiger partial charge in [-0.15, -0.1) is 0 Å². The van der Waals surface area contributed by atoms with Crippen molar-refractivity contribution in [2.45, 2.75) is 69.7 Å². The van der Waals surface area contributed by atoms with Gasteiger partial charge in [-0.1, -0.05) is 32.0 Å². The summed E-state index contributed by atoms with van der Waals surface area (Å²) in [5.74, 6) is -0.146. The van der Waals surface area contributed by atoms with Gasteiger partial charge in [0.15, 0.2) is 0 Å². The first-order valence-electron chi connectivity index (χ1n) is 12.8. The van der Waals surface area contributed by atoms with Crippen LogP contribution in [0.3, 0.4) is 0 Å². The minimum absolute atomic E-state index is 0.00292. The summed E-state index contributed by atoms with van der Waals surface area (Å²) < 4.78 is 42.4. The second-order valence-corrected chi connectivity index (χ2v) is 13.2. The topological polar surface area (TPSA) is 69.7 Å². The average molecular weight is 516 g/mol. The molecule has 0 aromatic heterocycles. The highest BCUT2D eigenvalue weighted by Gasteiger charge is 2.49. The molecular weight excluding hydrogens is 477 g/mol. The molecule has 0 aliphatic carbocycles. The fourth-order valence-electron chi connectivity index (χ4n) is 5.41. The van der Waals surface area contributed by atoms with Gasteiger partial charge in [-0.3, -0.25) is 9.69 Å². The lowest BCUT2D eigenvalue weighted by molar-refractivity contribution is -0.118. The number of nitrogens with one attached hydrogen (secondary N) is 1. The number of carbonyl (C=O) groups is 1. The van der Waals surface area contributed by atoms with E-state index in [0.717, 1.165) is 50.5 Å². The number of benzene rings is 2. The van der Waals surface area contributed by atoms with Crippen molar-refractivity contribution in [1.29, 1.82) is 0 Å². The lowest BCUT2D eigenvalue weighted by Crippen LogP contribution is -2.59. The Balaban J connectivity index is 1.38. The largest absolute Gasteiger partial charge is 0.325 e. The summed E-state index contributed by atoms with van der Waals surface area (Å²) in [6.07, 6.45) is 3.34. The van der Waals surface area contributed by atoms with Gasteiger partial charge in [0.25, 0.3) is 0 Å². The number of piperidine rings is 2. The first-order chi connectivity index (χ1) is 16.9. The van der Waals surface area contributed by atoms with Gasteiger partial charge < -0.3 is 5.32 Å². The summed E-state index contributed by atoms with van der Waals surface area (Å²) in [6, 6.07) is 13.2. The molecule has 2 aliphatic heterocycles. The average Bonchev–Trinajstić information content (AvgIpc) is 2.82. The Morgan fingerprint density at radius 2 is 1.69 bits per heavy atom. The fourth-order valence-corrected chi connectivity index (χ4v) is 7.36. The second-order valence-electron chi connectivity index (χ2n) is 11.4. The van der Waals surface area contributed by atoms with Crippen LogP contribution in [0.1, 0.15) is 64.9 Å². The van der Waals surface area contributed by atoms with Crippen LogP contribution in [0.5, 0.6) is 0 Å². The van der Waals surface area contributed by atoms with Crippen molar-refractivity contribution >= 4 is 21.6 Å². The minimum Gasteiger partial charge on any atom is -0.325 e. The van der Waals surface area contributed by atoms with Gasteiger partial charge in [-0.05, 0) is 99.8 Å². The van der Waals surface area contributed by atoms with Gasteiger partial charge in [0.2, 0.25) is 15.9 Å². The van der Waals surface area contributed by atoms with Crippen LogP contribution in [0, 0.1) is 11.2 Å². The number of amides is 1. The maximum Gasteiger partial charge on any atom is 0.243 e. The predicted octanol–water partition coefficient (Wildman–Crippen LogP) is 5.23. The van der Waals surface area contributed by atoms with Gasteiger partial charge in [0, 0.05) is 17.8 Å². The molecule has 0 unspecified atom stereocenters. The van der Waals surface area contributed by atoms with Crippen molar-refractivity contribution in [2.75, 3.05) is 31.5 Å². The molecule has 1 spiro atoms. The molecule has 2 aromatic carbocycles. The molecular formula is C28H38FN3O3S. The zero-order chi connectivity index (χ0) is 26.1. The number of rotatable bonds is 6. The van der Waals surface area contributed by atoms with Crippen LogP contribution >= 0.6 is 0 Å². The lowest BCUT2D eigenvalue weighted by atomic mass is 9.69. The number of hydrogen-bond acceptors (Lipinski definition) is 4. The number of halogens is 1. The van der Waals surface area contributed by atoms with Crippen LogP contribution in [0.4, 0.5) is 10.1 Å². The highest BCUT2D eigenvalue weighted by molar-refractivity contribution is 7.89. The highest BCUT2D eigenvalue weighted by atomic mass is 32.2.